The van der Waals surface area contributed by atoms with E-state index in [0.29, 0.717) is 22.5 Å². The molecule has 0 aliphatic heterocycles. The Hall–Kier alpha value is -4.47. The number of carbonyl (C=O) groups is 1. The molecule has 0 bridgehead atoms. The molecule has 33 heavy (non-hydrogen) atoms. The largest absolute Gasteiger partial charge is 0.417 e. The number of nitrogens with two attached hydrogens (primary N) is 1. The number of aromatic nitrogens is 3. The summed E-state index contributed by atoms with van der Waals surface area (Å²) in [6.45, 7) is 0. The molecule has 0 atom stereocenters. The molecule has 7 nitrogen and oxygen atoms in total. The van der Waals surface area contributed by atoms with E-state index in [9.17, 15) is 18.0 Å². The van der Waals surface area contributed by atoms with Crippen LogP contribution in [0.2, 0.25) is 0 Å². The highest BCUT2D eigenvalue weighted by molar-refractivity contribution is 6.03. The summed E-state index contributed by atoms with van der Waals surface area (Å²) in [5.41, 5.74) is 6.68. The molecular weight excluding hydrogens is 433 g/mol. The number of nitrogens with one attached hydrogen (secondary N) is 2. The van der Waals surface area contributed by atoms with Crippen molar-refractivity contribution in [3.05, 3.63) is 95.8 Å². The molecule has 10 heteroatoms. The third-order valence-electron chi connectivity index (χ3n) is 4.87. The summed E-state index contributed by atoms with van der Waals surface area (Å²) in [5.74, 6) is -0.646. The van der Waals surface area contributed by atoms with Crippen molar-refractivity contribution in [2.45, 2.75) is 6.18 Å². The number of hydrogen-bond acceptors (Lipinski definition) is 4. The maximum absolute atomic E-state index is 13.3. The zero-order valence-electron chi connectivity index (χ0n) is 17.0. The molecule has 0 radical (unpaired) electrons. The SMILES string of the molecule is N=C(N)c1cccc(-n2nncc2C(=O)Nc2ccc(-c3ccccc3C(F)(F)F)cc2)c1. The Kier molecular flexibility index (Phi) is 5.65. The molecule has 0 saturated heterocycles. The van der Waals surface area contributed by atoms with Gasteiger partial charge in [-0.15, -0.1) is 5.10 Å². The lowest BCUT2D eigenvalue weighted by molar-refractivity contribution is -0.137. The van der Waals surface area contributed by atoms with E-state index in [2.05, 4.69) is 15.6 Å². The average molecular weight is 450 g/mol. The van der Waals surface area contributed by atoms with Crippen molar-refractivity contribution in [3.63, 3.8) is 0 Å². The Labute approximate surface area is 186 Å². The first-order valence-electron chi connectivity index (χ1n) is 9.67. The van der Waals surface area contributed by atoms with Crippen molar-refractivity contribution in [3.8, 4) is 16.8 Å². The first-order chi connectivity index (χ1) is 15.7. The van der Waals surface area contributed by atoms with Crippen LogP contribution in [0.4, 0.5) is 18.9 Å². The highest BCUT2D eigenvalue weighted by Gasteiger charge is 2.33. The normalized spacial score (nSPS) is 11.2. The number of nitrogens with zero attached hydrogens (tertiary/aromatic N) is 3. The summed E-state index contributed by atoms with van der Waals surface area (Å²) in [4.78, 5) is 12.8. The van der Waals surface area contributed by atoms with E-state index in [1.165, 1.54) is 53.3 Å². The van der Waals surface area contributed by atoms with Crippen molar-refractivity contribution in [2.24, 2.45) is 5.73 Å². The third kappa shape index (κ3) is 4.59. The van der Waals surface area contributed by atoms with Gasteiger partial charge < -0.3 is 11.1 Å². The fraction of sp³-hybridized carbons (Fsp3) is 0.0435. The Morgan fingerprint density at radius 1 is 1.00 bits per heavy atom. The standard InChI is InChI=1S/C23H17F3N6O/c24-23(25,26)19-7-2-1-6-18(19)14-8-10-16(11-9-14)30-22(33)20-13-29-31-32(20)17-5-3-4-15(12-17)21(27)28/h1-13H,(H3,27,28)(H,30,33). The summed E-state index contributed by atoms with van der Waals surface area (Å²) in [5, 5.41) is 18.0. The summed E-state index contributed by atoms with van der Waals surface area (Å²) in [6, 6.07) is 18.0. The van der Waals surface area contributed by atoms with Crippen LogP contribution in [0.25, 0.3) is 16.8 Å². The number of halogens is 3. The van der Waals surface area contributed by atoms with Crippen LogP contribution in [-0.2, 0) is 6.18 Å². The summed E-state index contributed by atoms with van der Waals surface area (Å²) in [7, 11) is 0. The molecule has 4 aromatic rings. The van der Waals surface area contributed by atoms with E-state index < -0.39 is 17.6 Å². The number of hydrogen-bond donors (Lipinski definition) is 3. The molecule has 1 aromatic heterocycles. The third-order valence-corrected chi connectivity index (χ3v) is 4.87. The predicted octanol–water partition coefficient (Wildman–Crippen LogP) is 4.49. The lowest BCUT2D eigenvalue weighted by Crippen LogP contribution is -2.17. The van der Waals surface area contributed by atoms with Crippen LogP contribution in [0.15, 0.2) is 79.0 Å². The molecule has 0 aliphatic rings. The van der Waals surface area contributed by atoms with Crippen LogP contribution in [0, 0.1) is 5.41 Å². The van der Waals surface area contributed by atoms with E-state index in [0.717, 1.165) is 6.07 Å². The van der Waals surface area contributed by atoms with Crippen molar-refractivity contribution in [2.75, 3.05) is 5.32 Å². The van der Waals surface area contributed by atoms with Gasteiger partial charge in [0.15, 0.2) is 5.69 Å². The number of amidine groups is 1. The smallest absolute Gasteiger partial charge is 0.384 e. The van der Waals surface area contributed by atoms with Crippen LogP contribution < -0.4 is 11.1 Å². The van der Waals surface area contributed by atoms with Gasteiger partial charge >= 0.3 is 6.18 Å². The second kappa shape index (κ2) is 8.58. The van der Waals surface area contributed by atoms with E-state index in [4.69, 9.17) is 11.1 Å². The van der Waals surface area contributed by atoms with E-state index in [-0.39, 0.29) is 17.1 Å². The lowest BCUT2D eigenvalue weighted by Gasteiger charge is -2.13. The number of benzene rings is 3. The molecule has 166 valence electrons. The Balaban J connectivity index is 1.57. The molecule has 0 unspecified atom stereocenters. The quantitative estimate of drug-likeness (QED) is 0.307. The second-order valence-corrected chi connectivity index (χ2v) is 7.07. The topological polar surface area (TPSA) is 110 Å². The summed E-state index contributed by atoms with van der Waals surface area (Å²) in [6.07, 6.45) is -3.20. The highest BCUT2D eigenvalue weighted by Crippen LogP contribution is 2.37. The fourth-order valence-electron chi connectivity index (χ4n) is 3.30. The van der Waals surface area contributed by atoms with Gasteiger partial charge in [0.1, 0.15) is 5.84 Å². The summed E-state index contributed by atoms with van der Waals surface area (Å²) >= 11 is 0. The van der Waals surface area contributed by atoms with Gasteiger partial charge in [0.25, 0.3) is 5.91 Å². The van der Waals surface area contributed by atoms with Gasteiger partial charge in [-0.3, -0.25) is 10.2 Å². The van der Waals surface area contributed by atoms with Crippen LogP contribution in [-0.4, -0.2) is 26.7 Å². The second-order valence-electron chi connectivity index (χ2n) is 7.07. The van der Waals surface area contributed by atoms with Gasteiger partial charge in [0.2, 0.25) is 0 Å². The fourth-order valence-corrected chi connectivity index (χ4v) is 3.30. The number of carbonyl (C=O) groups excluding carboxylic acids is 1. The van der Waals surface area contributed by atoms with Crippen LogP contribution in [0.3, 0.4) is 0 Å². The van der Waals surface area contributed by atoms with Crippen LogP contribution in [0.5, 0.6) is 0 Å². The van der Waals surface area contributed by atoms with Gasteiger partial charge in [0, 0.05) is 11.3 Å². The minimum absolute atomic E-state index is 0.0514. The number of anilines is 1. The van der Waals surface area contributed by atoms with E-state index >= 15 is 0 Å². The first kappa shape index (κ1) is 21.8. The predicted molar refractivity (Wildman–Crippen MR) is 117 cm³/mol. The Morgan fingerprint density at radius 3 is 2.42 bits per heavy atom. The Bertz CT molecular complexity index is 1330. The lowest BCUT2D eigenvalue weighted by atomic mass is 9.99. The Morgan fingerprint density at radius 2 is 1.73 bits per heavy atom. The van der Waals surface area contributed by atoms with Gasteiger partial charge in [-0.25, -0.2) is 4.68 Å². The average Bonchev–Trinajstić information content (AvgIpc) is 3.29. The van der Waals surface area contributed by atoms with Crippen molar-refractivity contribution < 1.29 is 18.0 Å². The van der Waals surface area contributed by atoms with Crippen LogP contribution in [0.1, 0.15) is 21.6 Å². The zero-order chi connectivity index (χ0) is 23.6. The number of nitrogen functional groups attached to an aromatic ring is 1. The van der Waals surface area contributed by atoms with Gasteiger partial charge in [-0.2, -0.15) is 13.2 Å². The maximum atomic E-state index is 13.3. The van der Waals surface area contributed by atoms with E-state index in [1.54, 1.807) is 24.3 Å². The molecule has 0 aliphatic carbocycles. The molecule has 1 amide bonds. The van der Waals surface area contributed by atoms with Crippen LogP contribution >= 0.6 is 0 Å². The van der Waals surface area contributed by atoms with Crippen molar-refractivity contribution >= 4 is 17.4 Å². The van der Waals surface area contributed by atoms with Gasteiger partial charge in [-0.05, 0) is 41.5 Å². The molecule has 0 spiro atoms. The molecule has 0 fully saturated rings. The number of alkyl halides is 3. The molecule has 0 saturated carbocycles. The monoisotopic (exact) mass is 450 g/mol. The minimum atomic E-state index is -4.48. The molecule has 1 heterocycles. The summed E-state index contributed by atoms with van der Waals surface area (Å²) < 4.78 is 41.2. The minimum Gasteiger partial charge on any atom is -0.384 e. The number of amides is 1. The first-order valence-corrected chi connectivity index (χ1v) is 9.67. The molecule has 3 aromatic carbocycles. The maximum Gasteiger partial charge on any atom is 0.417 e. The molecule has 4 rings (SSSR count). The molecular formula is C23H17F3N6O. The van der Waals surface area contributed by atoms with Gasteiger partial charge in [0.05, 0.1) is 17.4 Å². The highest BCUT2D eigenvalue weighted by atomic mass is 19.4. The number of rotatable bonds is 5. The van der Waals surface area contributed by atoms with Crippen molar-refractivity contribution in [1.82, 2.24) is 15.0 Å². The van der Waals surface area contributed by atoms with Gasteiger partial charge in [-0.1, -0.05) is 47.7 Å². The molecule has 4 N–H and O–H groups in total. The van der Waals surface area contributed by atoms with Crippen molar-refractivity contribution in [1.29, 1.82) is 5.41 Å². The zero-order valence-corrected chi connectivity index (χ0v) is 17.0. The van der Waals surface area contributed by atoms with E-state index in [1.807, 2.05) is 0 Å².